The van der Waals surface area contributed by atoms with Crippen LogP contribution in [0.3, 0.4) is 0 Å². The van der Waals surface area contributed by atoms with Gasteiger partial charge in [0, 0.05) is 17.8 Å². The highest BCUT2D eigenvalue weighted by Gasteiger charge is 2.26. The van der Waals surface area contributed by atoms with Crippen LogP contribution in [0.1, 0.15) is 43.1 Å². The Morgan fingerprint density at radius 3 is 2.45 bits per heavy atom. The fourth-order valence-electron chi connectivity index (χ4n) is 1.63. The first-order valence-electron chi connectivity index (χ1n) is 6.81. The van der Waals surface area contributed by atoms with Gasteiger partial charge in [-0.1, -0.05) is 6.92 Å². The quantitative estimate of drug-likeness (QED) is 0.767. The van der Waals surface area contributed by atoms with E-state index in [1.807, 2.05) is 20.8 Å². The SMILES string of the molecule is CCNC(=O)c1ccc(NC(=O)C(C)(N)CC)c(C)c1. The molecule has 0 aliphatic rings. The smallest absolute Gasteiger partial charge is 0.251 e. The van der Waals surface area contributed by atoms with Crippen LogP contribution in [-0.2, 0) is 4.79 Å². The largest absolute Gasteiger partial charge is 0.352 e. The number of benzene rings is 1. The molecule has 0 aromatic heterocycles. The van der Waals surface area contributed by atoms with Gasteiger partial charge in [-0.2, -0.15) is 0 Å². The van der Waals surface area contributed by atoms with E-state index in [-0.39, 0.29) is 11.8 Å². The van der Waals surface area contributed by atoms with Gasteiger partial charge in [0.2, 0.25) is 5.91 Å². The van der Waals surface area contributed by atoms with Crippen LogP contribution in [0.4, 0.5) is 5.69 Å². The number of rotatable bonds is 5. The van der Waals surface area contributed by atoms with Gasteiger partial charge in [-0.15, -0.1) is 0 Å². The third kappa shape index (κ3) is 3.81. The molecule has 20 heavy (non-hydrogen) atoms. The molecule has 0 aliphatic carbocycles. The van der Waals surface area contributed by atoms with Gasteiger partial charge < -0.3 is 16.4 Å². The van der Waals surface area contributed by atoms with E-state index in [1.165, 1.54) is 0 Å². The van der Waals surface area contributed by atoms with E-state index in [2.05, 4.69) is 10.6 Å². The second kappa shape index (κ2) is 6.52. The Morgan fingerprint density at radius 1 is 1.30 bits per heavy atom. The summed E-state index contributed by atoms with van der Waals surface area (Å²) in [6.07, 6.45) is 0.550. The molecular formula is C15H23N3O2. The average molecular weight is 277 g/mol. The lowest BCUT2D eigenvalue weighted by Crippen LogP contribution is -2.47. The summed E-state index contributed by atoms with van der Waals surface area (Å²) < 4.78 is 0. The molecule has 1 unspecified atom stereocenters. The molecule has 0 fully saturated rings. The van der Waals surface area contributed by atoms with Gasteiger partial charge in [0.05, 0.1) is 5.54 Å². The van der Waals surface area contributed by atoms with Crippen molar-refractivity contribution in [2.45, 2.75) is 39.7 Å². The Labute approximate surface area is 119 Å². The molecule has 2 amide bonds. The summed E-state index contributed by atoms with van der Waals surface area (Å²) >= 11 is 0. The predicted octanol–water partition coefficient (Wildman–Crippen LogP) is 1.81. The molecule has 0 spiro atoms. The van der Waals surface area contributed by atoms with E-state index >= 15 is 0 Å². The van der Waals surface area contributed by atoms with Crippen LogP contribution in [0.15, 0.2) is 18.2 Å². The minimum Gasteiger partial charge on any atom is -0.352 e. The Morgan fingerprint density at radius 2 is 1.95 bits per heavy atom. The van der Waals surface area contributed by atoms with Gasteiger partial charge in [0.15, 0.2) is 0 Å². The fraction of sp³-hybridized carbons (Fsp3) is 0.467. The van der Waals surface area contributed by atoms with Gasteiger partial charge in [0.1, 0.15) is 0 Å². The third-order valence-corrected chi connectivity index (χ3v) is 3.33. The highest BCUT2D eigenvalue weighted by molar-refractivity contribution is 5.99. The Bertz CT molecular complexity index is 510. The maximum atomic E-state index is 12.0. The zero-order valence-corrected chi connectivity index (χ0v) is 12.5. The molecule has 0 heterocycles. The van der Waals surface area contributed by atoms with Crippen molar-refractivity contribution >= 4 is 17.5 Å². The lowest BCUT2D eigenvalue weighted by atomic mass is 9.99. The van der Waals surface area contributed by atoms with Crippen molar-refractivity contribution in [3.05, 3.63) is 29.3 Å². The summed E-state index contributed by atoms with van der Waals surface area (Å²) in [6, 6.07) is 5.16. The van der Waals surface area contributed by atoms with Crippen molar-refractivity contribution in [2.75, 3.05) is 11.9 Å². The normalized spacial score (nSPS) is 13.4. The van der Waals surface area contributed by atoms with Crippen LogP contribution >= 0.6 is 0 Å². The number of amides is 2. The van der Waals surface area contributed by atoms with Crippen molar-refractivity contribution in [2.24, 2.45) is 5.73 Å². The topological polar surface area (TPSA) is 84.2 Å². The van der Waals surface area contributed by atoms with E-state index < -0.39 is 5.54 Å². The fourth-order valence-corrected chi connectivity index (χ4v) is 1.63. The van der Waals surface area contributed by atoms with Crippen molar-refractivity contribution in [1.82, 2.24) is 5.32 Å². The number of nitrogens with two attached hydrogens (primary N) is 1. The van der Waals surface area contributed by atoms with Crippen molar-refractivity contribution in [3.63, 3.8) is 0 Å². The number of anilines is 1. The molecule has 110 valence electrons. The second-order valence-electron chi connectivity index (χ2n) is 5.11. The minimum absolute atomic E-state index is 0.120. The van der Waals surface area contributed by atoms with Gasteiger partial charge in [0.25, 0.3) is 5.91 Å². The van der Waals surface area contributed by atoms with Crippen LogP contribution in [0.25, 0.3) is 0 Å². The van der Waals surface area contributed by atoms with Gasteiger partial charge in [-0.3, -0.25) is 9.59 Å². The highest BCUT2D eigenvalue weighted by atomic mass is 16.2. The molecule has 0 radical (unpaired) electrons. The van der Waals surface area contributed by atoms with Crippen LogP contribution in [0.2, 0.25) is 0 Å². The summed E-state index contributed by atoms with van der Waals surface area (Å²) in [6.45, 7) is 7.86. The first-order chi connectivity index (χ1) is 9.31. The first kappa shape index (κ1) is 16.2. The molecule has 0 saturated carbocycles. The monoisotopic (exact) mass is 277 g/mol. The zero-order valence-electron chi connectivity index (χ0n) is 12.5. The van der Waals surface area contributed by atoms with Crippen LogP contribution in [-0.4, -0.2) is 23.9 Å². The van der Waals surface area contributed by atoms with Gasteiger partial charge in [-0.05, 0) is 51.0 Å². The number of hydrogen-bond donors (Lipinski definition) is 3. The molecule has 1 atom stereocenters. The number of nitrogens with one attached hydrogen (secondary N) is 2. The minimum atomic E-state index is -0.898. The number of carbonyl (C=O) groups is 2. The molecule has 0 saturated heterocycles. The zero-order chi connectivity index (χ0) is 15.3. The summed E-state index contributed by atoms with van der Waals surface area (Å²) in [5.74, 6) is -0.348. The van der Waals surface area contributed by atoms with Crippen LogP contribution < -0.4 is 16.4 Å². The Hall–Kier alpha value is -1.88. The maximum absolute atomic E-state index is 12.0. The molecule has 5 nitrogen and oxygen atoms in total. The summed E-state index contributed by atoms with van der Waals surface area (Å²) in [7, 11) is 0. The number of carbonyl (C=O) groups excluding carboxylic acids is 2. The second-order valence-corrected chi connectivity index (χ2v) is 5.11. The van der Waals surface area contributed by atoms with E-state index in [0.29, 0.717) is 24.2 Å². The molecule has 0 aliphatic heterocycles. The van der Waals surface area contributed by atoms with E-state index in [0.717, 1.165) is 5.56 Å². The molecular weight excluding hydrogens is 254 g/mol. The maximum Gasteiger partial charge on any atom is 0.251 e. The van der Waals surface area contributed by atoms with E-state index in [1.54, 1.807) is 25.1 Å². The van der Waals surface area contributed by atoms with E-state index in [4.69, 9.17) is 5.73 Å². The highest BCUT2D eigenvalue weighted by Crippen LogP contribution is 2.18. The Kier molecular flexibility index (Phi) is 5.27. The van der Waals surface area contributed by atoms with Crippen LogP contribution in [0, 0.1) is 6.92 Å². The molecule has 1 aromatic rings. The molecule has 0 bridgehead atoms. The standard InChI is InChI=1S/C15H23N3O2/c1-5-15(4,16)14(20)18-12-8-7-11(9-10(12)3)13(19)17-6-2/h7-9H,5-6,16H2,1-4H3,(H,17,19)(H,18,20). The summed E-state index contributed by atoms with van der Waals surface area (Å²) in [5.41, 5.74) is 7.08. The molecule has 4 N–H and O–H groups in total. The lowest BCUT2D eigenvalue weighted by Gasteiger charge is -2.22. The number of aryl methyl sites for hydroxylation is 1. The third-order valence-electron chi connectivity index (χ3n) is 3.33. The summed E-state index contributed by atoms with van der Waals surface area (Å²) in [4.78, 5) is 23.7. The predicted molar refractivity (Wildman–Crippen MR) is 80.7 cm³/mol. The molecule has 1 rings (SSSR count). The average Bonchev–Trinajstić information content (AvgIpc) is 2.41. The van der Waals surface area contributed by atoms with Crippen molar-refractivity contribution < 1.29 is 9.59 Å². The Balaban J connectivity index is 2.89. The first-order valence-corrected chi connectivity index (χ1v) is 6.81. The molecule has 1 aromatic carbocycles. The molecule has 5 heteroatoms. The lowest BCUT2D eigenvalue weighted by molar-refractivity contribution is -0.120. The summed E-state index contributed by atoms with van der Waals surface area (Å²) in [5, 5.41) is 5.54. The van der Waals surface area contributed by atoms with E-state index in [9.17, 15) is 9.59 Å². The van der Waals surface area contributed by atoms with Crippen LogP contribution in [0.5, 0.6) is 0 Å². The van der Waals surface area contributed by atoms with Gasteiger partial charge >= 0.3 is 0 Å². The number of hydrogen-bond acceptors (Lipinski definition) is 3. The van der Waals surface area contributed by atoms with Crippen molar-refractivity contribution in [3.8, 4) is 0 Å². The van der Waals surface area contributed by atoms with Crippen molar-refractivity contribution in [1.29, 1.82) is 0 Å². The van der Waals surface area contributed by atoms with Gasteiger partial charge in [-0.25, -0.2) is 0 Å².